The molecule has 1 saturated heterocycles. The van der Waals surface area contributed by atoms with E-state index in [-0.39, 0.29) is 12.0 Å². The lowest BCUT2D eigenvalue weighted by Gasteiger charge is -2.48. The lowest BCUT2D eigenvalue weighted by Crippen LogP contribution is -2.69. The molecule has 2 N–H and O–H groups in total. The maximum absolute atomic E-state index is 14.6. The third-order valence-electron chi connectivity index (χ3n) is 7.39. The van der Waals surface area contributed by atoms with Crippen LogP contribution in [0.4, 0.5) is 13.2 Å². The van der Waals surface area contributed by atoms with Crippen molar-refractivity contribution in [2.75, 3.05) is 20.3 Å². The quantitative estimate of drug-likeness (QED) is 0.201. The third-order valence-corrected chi connectivity index (χ3v) is 7.65. The Morgan fingerprint density at radius 3 is 2.22 bits per heavy atom. The van der Waals surface area contributed by atoms with Crippen molar-refractivity contribution in [1.82, 2.24) is 10.6 Å². The van der Waals surface area contributed by atoms with Gasteiger partial charge in [0.25, 0.3) is 11.7 Å². The van der Waals surface area contributed by atoms with E-state index in [1.165, 1.54) is 0 Å². The minimum absolute atomic E-state index is 0.165. The lowest BCUT2D eigenvalue weighted by atomic mass is 9.87. The number of nitrogens with one attached hydrogen (secondary N) is 2. The van der Waals surface area contributed by atoms with Gasteiger partial charge in [-0.1, -0.05) is 35.9 Å². The average Bonchev–Trinajstić information content (AvgIpc) is 3.07. The van der Waals surface area contributed by atoms with Gasteiger partial charge in [0, 0.05) is 31.4 Å². The van der Waals surface area contributed by atoms with Gasteiger partial charge in [0.1, 0.15) is 12.2 Å². The summed E-state index contributed by atoms with van der Waals surface area (Å²) in [6.45, 7) is -0.0646. The molecule has 6 atom stereocenters. The number of carbonyl (C=O) groups is 6. The zero-order valence-electron chi connectivity index (χ0n) is 27.9. The van der Waals surface area contributed by atoms with Crippen LogP contribution >= 0.6 is 11.6 Å². The molecule has 51 heavy (non-hydrogen) atoms. The van der Waals surface area contributed by atoms with E-state index in [1.807, 2.05) is 0 Å². The highest BCUT2D eigenvalue weighted by molar-refractivity contribution is 6.30. The maximum Gasteiger partial charge on any atom is 0.366 e. The third kappa shape index (κ3) is 11.4. The number of benzene rings is 2. The van der Waals surface area contributed by atoms with Crippen LogP contribution in [0, 0.1) is 11.6 Å². The topological polar surface area (TPSA) is 182 Å². The monoisotopic (exact) mass is 744 g/mol. The smallest absolute Gasteiger partial charge is 0.366 e. The highest BCUT2D eigenvalue weighted by Crippen LogP contribution is 2.38. The van der Waals surface area contributed by atoms with Crippen molar-refractivity contribution < 1.29 is 70.4 Å². The van der Waals surface area contributed by atoms with Crippen molar-refractivity contribution in [3.8, 4) is 0 Å². The number of amides is 2. The molecule has 0 spiro atoms. The summed E-state index contributed by atoms with van der Waals surface area (Å²) in [5.74, 6) is -11.3. The summed E-state index contributed by atoms with van der Waals surface area (Å²) in [5, 5.41) is 5.23. The second kappa shape index (κ2) is 18.5. The van der Waals surface area contributed by atoms with Crippen LogP contribution in [0.1, 0.15) is 38.3 Å². The fourth-order valence-corrected chi connectivity index (χ4v) is 5.41. The van der Waals surface area contributed by atoms with Gasteiger partial charge in [0.05, 0.1) is 39.1 Å². The van der Waals surface area contributed by atoms with Crippen LogP contribution in [-0.4, -0.2) is 92.3 Å². The summed E-state index contributed by atoms with van der Waals surface area (Å²) >= 11 is 5.91. The van der Waals surface area contributed by atoms with Gasteiger partial charge in [0.2, 0.25) is 5.91 Å². The van der Waals surface area contributed by atoms with Crippen LogP contribution in [0.15, 0.2) is 42.5 Å². The highest BCUT2D eigenvalue weighted by Gasteiger charge is 2.59. The zero-order valence-corrected chi connectivity index (χ0v) is 28.6. The predicted octanol–water partition coefficient (Wildman–Crippen LogP) is 2.40. The molecule has 0 aromatic heterocycles. The van der Waals surface area contributed by atoms with Gasteiger partial charge in [-0.15, -0.1) is 0 Å². The van der Waals surface area contributed by atoms with Crippen molar-refractivity contribution in [3.05, 3.63) is 70.2 Å². The molecule has 2 aromatic carbocycles. The van der Waals surface area contributed by atoms with Gasteiger partial charge in [-0.05, 0) is 23.8 Å². The Morgan fingerprint density at radius 2 is 1.63 bits per heavy atom. The molecule has 14 nitrogen and oxygen atoms in total. The normalized spacial score (nSPS) is 21.0. The molecule has 0 unspecified atom stereocenters. The number of hydrogen-bond acceptors (Lipinski definition) is 12. The predicted molar refractivity (Wildman–Crippen MR) is 168 cm³/mol. The van der Waals surface area contributed by atoms with Gasteiger partial charge in [-0.3, -0.25) is 24.0 Å². The number of carbonyl (C=O) groups excluding carboxylic acids is 6. The Balaban J connectivity index is 2.12. The number of rotatable bonds is 15. The van der Waals surface area contributed by atoms with E-state index >= 15 is 0 Å². The van der Waals surface area contributed by atoms with E-state index in [4.69, 9.17) is 40.0 Å². The molecule has 0 bridgehead atoms. The first kappa shape index (κ1) is 40.7. The van der Waals surface area contributed by atoms with E-state index in [0.717, 1.165) is 46.1 Å². The van der Waals surface area contributed by atoms with Crippen LogP contribution in [0.25, 0.3) is 0 Å². The average molecular weight is 745 g/mol. The van der Waals surface area contributed by atoms with Crippen LogP contribution < -0.4 is 10.6 Å². The summed E-state index contributed by atoms with van der Waals surface area (Å²) < 4.78 is 75.3. The molecule has 1 aliphatic rings. The second-order valence-electron chi connectivity index (χ2n) is 11.2. The molecule has 2 amide bonds. The van der Waals surface area contributed by atoms with Crippen molar-refractivity contribution in [1.29, 1.82) is 0 Å². The molecule has 18 heteroatoms. The summed E-state index contributed by atoms with van der Waals surface area (Å²) in [6, 6.07) is 7.80. The van der Waals surface area contributed by atoms with Crippen molar-refractivity contribution >= 4 is 47.3 Å². The van der Waals surface area contributed by atoms with Gasteiger partial charge in [-0.2, -0.15) is 0 Å². The number of ether oxygens (including phenoxy) is 6. The van der Waals surface area contributed by atoms with E-state index in [0.29, 0.717) is 10.6 Å². The van der Waals surface area contributed by atoms with Gasteiger partial charge in [0.15, 0.2) is 30.5 Å². The molecule has 1 heterocycles. The Kier molecular flexibility index (Phi) is 14.7. The van der Waals surface area contributed by atoms with Crippen molar-refractivity contribution in [2.24, 2.45) is 0 Å². The Bertz CT molecular complexity index is 1600. The first-order valence-corrected chi connectivity index (χ1v) is 15.7. The first-order valence-electron chi connectivity index (χ1n) is 15.3. The van der Waals surface area contributed by atoms with Crippen molar-refractivity contribution in [3.63, 3.8) is 0 Å². The van der Waals surface area contributed by atoms with E-state index in [9.17, 15) is 41.9 Å². The molecule has 0 saturated carbocycles. The molecule has 3 rings (SSSR count). The van der Waals surface area contributed by atoms with Gasteiger partial charge < -0.3 is 39.1 Å². The second-order valence-corrected chi connectivity index (χ2v) is 11.7. The van der Waals surface area contributed by atoms with E-state index in [1.54, 1.807) is 24.3 Å². The lowest BCUT2D eigenvalue weighted by molar-refractivity contribution is -0.317. The molecule has 0 radical (unpaired) electrons. The Hall–Kier alpha value is -4.74. The van der Waals surface area contributed by atoms with Gasteiger partial charge >= 0.3 is 23.9 Å². The fourth-order valence-electron chi connectivity index (χ4n) is 5.29. The first-order chi connectivity index (χ1) is 24.1. The standard InChI is InChI=1S/C33H36ClF3N2O12/c1-17(40)48-24-13-33(32(45)46-4,47-16-21-6-5-7-23(36)28(21)37)51-31(29(24)39-27(44)14-35)30(50-19(3)42)25(49-18(2)41)15-38-26(43)12-20-8-10-22(34)11-9-20/h5-11,24-25,29-31H,12-16H2,1-4H3,(H,38,43)(H,39,44)/t24-,25+,29+,30+,31+,33+/m0/s1. The van der Waals surface area contributed by atoms with E-state index < -0.39 is 110 Å². The van der Waals surface area contributed by atoms with Gasteiger partial charge in [-0.25, -0.2) is 18.0 Å². The van der Waals surface area contributed by atoms with Crippen LogP contribution in [-0.2, 0) is 70.2 Å². The summed E-state index contributed by atoms with van der Waals surface area (Å²) in [5.41, 5.74) is 0.175. The number of halogens is 4. The van der Waals surface area contributed by atoms with Crippen LogP contribution in [0.3, 0.4) is 0 Å². The molecule has 278 valence electrons. The van der Waals surface area contributed by atoms with Crippen molar-refractivity contribution in [2.45, 2.75) is 76.5 Å². The fraction of sp³-hybridized carbons (Fsp3) is 0.455. The Labute approximate surface area is 295 Å². The number of alkyl halides is 1. The number of methoxy groups -OCH3 is 1. The number of hydrogen-bond donors (Lipinski definition) is 2. The van der Waals surface area contributed by atoms with E-state index in [2.05, 4.69) is 10.6 Å². The summed E-state index contributed by atoms with van der Waals surface area (Å²) in [4.78, 5) is 76.0. The SMILES string of the molecule is COC(=O)[C@@]1(OCc2cccc(F)c2F)C[C@H](OC(C)=O)[C@@H](NC(=O)CF)[C@H]([C@H](OC(C)=O)[C@@H](CNC(=O)Cc2ccc(Cl)cc2)OC(C)=O)O1. The molecule has 2 aromatic rings. The minimum Gasteiger partial charge on any atom is -0.465 e. The van der Waals surface area contributed by atoms with Crippen LogP contribution in [0.5, 0.6) is 0 Å². The summed E-state index contributed by atoms with van der Waals surface area (Å²) in [7, 11) is 0.924. The number of esters is 4. The molecule has 1 fully saturated rings. The zero-order chi connectivity index (χ0) is 37.9. The largest absolute Gasteiger partial charge is 0.465 e. The van der Waals surface area contributed by atoms with Crippen LogP contribution in [0.2, 0.25) is 5.02 Å². The maximum atomic E-state index is 14.6. The molecule has 0 aliphatic carbocycles. The molecule has 1 aliphatic heterocycles. The molecular formula is C33H36ClF3N2O12. The molecular weight excluding hydrogens is 709 g/mol. The minimum atomic E-state index is -2.67. The highest BCUT2D eigenvalue weighted by atomic mass is 35.5. The summed E-state index contributed by atoms with van der Waals surface area (Å²) in [6.07, 6.45) is -8.04. The Morgan fingerprint density at radius 1 is 0.961 bits per heavy atom.